The van der Waals surface area contributed by atoms with Crippen LogP contribution in [0.3, 0.4) is 0 Å². The van der Waals surface area contributed by atoms with Crippen LogP contribution in [0.1, 0.15) is 23.4 Å². The molecule has 0 spiro atoms. The maximum absolute atomic E-state index is 12.7. The normalized spacial score (nSPS) is 17.3. The van der Waals surface area contributed by atoms with Crippen molar-refractivity contribution in [3.8, 4) is 0 Å². The highest BCUT2D eigenvalue weighted by Crippen LogP contribution is 2.15. The molecule has 1 atom stereocenters. The van der Waals surface area contributed by atoms with Crippen LogP contribution < -0.4 is 0 Å². The molecule has 122 valence electrons. The Morgan fingerprint density at radius 2 is 2.22 bits per heavy atom. The van der Waals surface area contributed by atoms with Gasteiger partial charge in [0.2, 0.25) is 5.91 Å². The number of hydrogen-bond acceptors (Lipinski definition) is 3. The van der Waals surface area contributed by atoms with Gasteiger partial charge in [-0.25, -0.2) is 0 Å². The average molecular weight is 313 g/mol. The zero-order valence-corrected chi connectivity index (χ0v) is 13.5. The summed E-state index contributed by atoms with van der Waals surface area (Å²) >= 11 is 0. The predicted molar refractivity (Wildman–Crippen MR) is 88.1 cm³/mol. The van der Waals surface area contributed by atoms with Gasteiger partial charge in [0, 0.05) is 18.8 Å². The minimum absolute atomic E-state index is 0.128. The molecule has 1 N–H and O–H groups in total. The molecule has 1 aromatic heterocycles. The molecule has 1 aromatic carbocycles. The Labute approximate surface area is 136 Å². The van der Waals surface area contributed by atoms with Gasteiger partial charge in [0.15, 0.2) is 0 Å². The highest BCUT2D eigenvalue weighted by molar-refractivity contribution is 5.78. The van der Waals surface area contributed by atoms with E-state index in [0.29, 0.717) is 13.0 Å². The molecule has 2 heterocycles. The van der Waals surface area contributed by atoms with Gasteiger partial charge in [-0.05, 0) is 31.4 Å². The molecule has 5 nitrogen and oxygen atoms in total. The van der Waals surface area contributed by atoms with Gasteiger partial charge in [0.05, 0.1) is 24.8 Å². The number of aromatic amines is 1. The summed E-state index contributed by atoms with van der Waals surface area (Å²) in [5.74, 6) is 0.128. The van der Waals surface area contributed by atoms with Gasteiger partial charge >= 0.3 is 0 Å². The number of H-pyrrole nitrogens is 1. The number of nitrogens with one attached hydrogen (secondary N) is 1. The average Bonchev–Trinajstić information content (AvgIpc) is 3.21. The molecule has 0 radical (unpaired) electrons. The van der Waals surface area contributed by atoms with Crippen LogP contribution in [-0.4, -0.2) is 46.8 Å². The molecule has 1 amide bonds. The van der Waals surface area contributed by atoms with Crippen molar-refractivity contribution in [2.24, 2.45) is 0 Å². The SMILES string of the molecule is Cc1cc(CC(=O)N(CCc2ccccc2)[C@@H]2CCOC2)n[nH]1. The number of benzene rings is 1. The second kappa shape index (κ2) is 7.42. The fourth-order valence-corrected chi connectivity index (χ4v) is 2.99. The number of aromatic nitrogens is 2. The zero-order chi connectivity index (χ0) is 16.1. The third kappa shape index (κ3) is 4.20. The van der Waals surface area contributed by atoms with Crippen LogP contribution >= 0.6 is 0 Å². The standard InChI is InChI=1S/C18H23N3O2/c1-14-11-16(20-19-14)12-18(22)21(17-8-10-23-13-17)9-7-15-5-3-2-4-6-15/h2-6,11,17H,7-10,12-13H2,1H3,(H,19,20)/t17-/m1/s1. The van der Waals surface area contributed by atoms with E-state index >= 15 is 0 Å². The van der Waals surface area contributed by atoms with E-state index in [2.05, 4.69) is 22.3 Å². The summed E-state index contributed by atoms with van der Waals surface area (Å²) in [7, 11) is 0. The van der Waals surface area contributed by atoms with Crippen molar-refractivity contribution < 1.29 is 9.53 Å². The molecule has 1 saturated heterocycles. The maximum atomic E-state index is 12.7. The largest absolute Gasteiger partial charge is 0.379 e. The zero-order valence-electron chi connectivity index (χ0n) is 13.5. The second-order valence-corrected chi connectivity index (χ2v) is 6.06. The quantitative estimate of drug-likeness (QED) is 0.889. The first-order valence-electron chi connectivity index (χ1n) is 8.14. The fraction of sp³-hybridized carbons (Fsp3) is 0.444. The molecular formula is C18H23N3O2. The summed E-state index contributed by atoms with van der Waals surface area (Å²) in [5, 5.41) is 7.07. The lowest BCUT2D eigenvalue weighted by Crippen LogP contribution is -2.42. The highest BCUT2D eigenvalue weighted by atomic mass is 16.5. The van der Waals surface area contributed by atoms with Gasteiger partial charge in [-0.1, -0.05) is 30.3 Å². The number of amides is 1. The van der Waals surface area contributed by atoms with E-state index in [-0.39, 0.29) is 11.9 Å². The van der Waals surface area contributed by atoms with Crippen molar-refractivity contribution in [1.82, 2.24) is 15.1 Å². The molecule has 3 rings (SSSR count). The van der Waals surface area contributed by atoms with Gasteiger partial charge in [-0.3, -0.25) is 9.89 Å². The molecule has 5 heteroatoms. The maximum Gasteiger partial charge on any atom is 0.228 e. The van der Waals surface area contributed by atoms with Gasteiger partial charge < -0.3 is 9.64 Å². The predicted octanol–water partition coefficient (Wildman–Crippen LogP) is 2.12. The number of aryl methyl sites for hydroxylation is 1. The third-order valence-corrected chi connectivity index (χ3v) is 4.24. The van der Waals surface area contributed by atoms with Crippen molar-refractivity contribution in [3.63, 3.8) is 0 Å². The molecule has 2 aromatic rings. The van der Waals surface area contributed by atoms with Crippen LogP contribution in [-0.2, 0) is 22.4 Å². The molecule has 1 aliphatic heterocycles. The lowest BCUT2D eigenvalue weighted by atomic mass is 10.1. The number of carbonyl (C=O) groups excluding carboxylic acids is 1. The lowest BCUT2D eigenvalue weighted by Gasteiger charge is -2.28. The first-order chi connectivity index (χ1) is 11.2. The minimum atomic E-state index is 0.128. The van der Waals surface area contributed by atoms with Crippen molar-refractivity contribution in [2.75, 3.05) is 19.8 Å². The number of hydrogen-bond donors (Lipinski definition) is 1. The Kier molecular flexibility index (Phi) is 5.08. The van der Waals surface area contributed by atoms with E-state index in [1.165, 1.54) is 5.56 Å². The summed E-state index contributed by atoms with van der Waals surface area (Å²) in [5.41, 5.74) is 3.03. The van der Waals surface area contributed by atoms with Crippen LogP contribution in [0, 0.1) is 6.92 Å². The molecular weight excluding hydrogens is 290 g/mol. The number of nitrogens with zero attached hydrogens (tertiary/aromatic N) is 2. The summed E-state index contributed by atoms with van der Waals surface area (Å²) in [4.78, 5) is 14.7. The van der Waals surface area contributed by atoms with E-state index < -0.39 is 0 Å². The summed E-state index contributed by atoms with van der Waals surface area (Å²) in [6.45, 7) is 4.04. The van der Waals surface area contributed by atoms with Crippen LogP contribution in [0.15, 0.2) is 36.4 Å². The first-order valence-corrected chi connectivity index (χ1v) is 8.14. The number of ether oxygens (including phenoxy) is 1. The third-order valence-electron chi connectivity index (χ3n) is 4.24. The topological polar surface area (TPSA) is 58.2 Å². The Morgan fingerprint density at radius 3 is 2.87 bits per heavy atom. The Hall–Kier alpha value is -2.14. The molecule has 1 aliphatic rings. The van der Waals surface area contributed by atoms with E-state index in [1.54, 1.807) is 0 Å². The van der Waals surface area contributed by atoms with Crippen molar-refractivity contribution in [2.45, 2.75) is 32.2 Å². The Bertz CT molecular complexity index is 633. The fourth-order valence-electron chi connectivity index (χ4n) is 2.99. The number of carbonyl (C=O) groups is 1. The van der Waals surface area contributed by atoms with E-state index in [0.717, 1.165) is 37.4 Å². The van der Waals surface area contributed by atoms with E-state index in [4.69, 9.17) is 4.74 Å². The molecule has 1 fully saturated rings. The molecule has 23 heavy (non-hydrogen) atoms. The van der Waals surface area contributed by atoms with Gasteiger partial charge in [-0.2, -0.15) is 5.10 Å². The Morgan fingerprint density at radius 1 is 1.39 bits per heavy atom. The summed E-state index contributed by atoms with van der Waals surface area (Å²) in [6, 6.07) is 12.4. The molecule has 0 aliphatic carbocycles. The van der Waals surface area contributed by atoms with Gasteiger partial charge in [-0.15, -0.1) is 0 Å². The van der Waals surface area contributed by atoms with Crippen molar-refractivity contribution >= 4 is 5.91 Å². The molecule has 0 saturated carbocycles. The van der Waals surface area contributed by atoms with E-state index in [9.17, 15) is 4.79 Å². The smallest absolute Gasteiger partial charge is 0.228 e. The molecule has 0 bridgehead atoms. The highest BCUT2D eigenvalue weighted by Gasteiger charge is 2.27. The van der Waals surface area contributed by atoms with Crippen molar-refractivity contribution in [3.05, 3.63) is 53.3 Å². The number of rotatable bonds is 6. The van der Waals surface area contributed by atoms with E-state index in [1.807, 2.05) is 36.1 Å². The van der Waals surface area contributed by atoms with Gasteiger partial charge in [0.1, 0.15) is 0 Å². The first kappa shape index (κ1) is 15.7. The van der Waals surface area contributed by atoms with Crippen LogP contribution in [0.2, 0.25) is 0 Å². The lowest BCUT2D eigenvalue weighted by molar-refractivity contribution is -0.132. The van der Waals surface area contributed by atoms with Gasteiger partial charge in [0.25, 0.3) is 0 Å². The summed E-state index contributed by atoms with van der Waals surface area (Å²) < 4.78 is 5.48. The molecule has 0 unspecified atom stereocenters. The van der Waals surface area contributed by atoms with Crippen LogP contribution in [0.5, 0.6) is 0 Å². The van der Waals surface area contributed by atoms with Crippen molar-refractivity contribution in [1.29, 1.82) is 0 Å². The Balaban J connectivity index is 1.66. The second-order valence-electron chi connectivity index (χ2n) is 6.06. The van der Waals surface area contributed by atoms with Crippen LogP contribution in [0.25, 0.3) is 0 Å². The van der Waals surface area contributed by atoms with Crippen LogP contribution in [0.4, 0.5) is 0 Å². The monoisotopic (exact) mass is 313 g/mol. The summed E-state index contributed by atoms with van der Waals surface area (Å²) in [6.07, 6.45) is 2.12. The minimum Gasteiger partial charge on any atom is -0.379 e.